The van der Waals surface area contributed by atoms with Gasteiger partial charge in [-0.1, -0.05) is 18.6 Å². The summed E-state index contributed by atoms with van der Waals surface area (Å²) in [5.41, 5.74) is 2.02. The molecule has 0 aliphatic heterocycles. The number of anilines is 1. The molecule has 0 bridgehead atoms. The molecule has 1 aromatic carbocycles. The summed E-state index contributed by atoms with van der Waals surface area (Å²) in [4.78, 5) is 11.1. The molecule has 1 atom stereocenters. The molecule has 1 unspecified atom stereocenters. The molecular formula is C13H19NO2S. The van der Waals surface area contributed by atoms with E-state index in [0.29, 0.717) is 17.2 Å². The molecule has 0 saturated carbocycles. The van der Waals surface area contributed by atoms with Gasteiger partial charge in [-0.15, -0.1) is 0 Å². The van der Waals surface area contributed by atoms with Crippen molar-refractivity contribution in [3.63, 3.8) is 0 Å². The third kappa shape index (κ3) is 4.30. The first-order chi connectivity index (χ1) is 8.04. The van der Waals surface area contributed by atoms with Crippen molar-refractivity contribution >= 4 is 23.4 Å². The van der Waals surface area contributed by atoms with E-state index < -0.39 is 5.97 Å². The summed E-state index contributed by atoms with van der Waals surface area (Å²) in [5.74, 6) is 0.711. The third-order valence-corrected chi connectivity index (χ3v) is 3.40. The molecule has 0 fully saturated rings. The molecular weight excluding hydrogens is 234 g/mol. The van der Waals surface area contributed by atoms with Crippen LogP contribution in [0.1, 0.15) is 22.8 Å². The van der Waals surface area contributed by atoms with E-state index in [1.54, 1.807) is 17.8 Å². The van der Waals surface area contributed by atoms with E-state index in [0.717, 1.165) is 17.9 Å². The number of carboxylic acid groups (broad SMARTS) is 1. The van der Waals surface area contributed by atoms with Gasteiger partial charge in [-0.25, -0.2) is 4.79 Å². The van der Waals surface area contributed by atoms with Crippen LogP contribution >= 0.6 is 11.8 Å². The predicted molar refractivity (Wildman–Crippen MR) is 74.2 cm³/mol. The van der Waals surface area contributed by atoms with Gasteiger partial charge in [0.15, 0.2) is 0 Å². The Morgan fingerprint density at radius 2 is 2.24 bits per heavy atom. The van der Waals surface area contributed by atoms with Crippen molar-refractivity contribution < 1.29 is 9.90 Å². The monoisotopic (exact) mass is 253 g/mol. The van der Waals surface area contributed by atoms with E-state index in [2.05, 4.69) is 18.5 Å². The lowest BCUT2D eigenvalue weighted by atomic mass is 10.1. The highest BCUT2D eigenvalue weighted by molar-refractivity contribution is 7.98. The lowest BCUT2D eigenvalue weighted by molar-refractivity contribution is 0.0698. The van der Waals surface area contributed by atoms with Crippen LogP contribution in [0.5, 0.6) is 0 Å². The zero-order valence-electron chi connectivity index (χ0n) is 10.5. The number of carboxylic acids is 1. The van der Waals surface area contributed by atoms with Gasteiger partial charge in [0.05, 0.1) is 5.56 Å². The van der Waals surface area contributed by atoms with E-state index in [1.807, 2.05) is 19.1 Å². The molecule has 0 heterocycles. The second-order valence-electron chi connectivity index (χ2n) is 4.30. The van der Waals surface area contributed by atoms with Crippen LogP contribution < -0.4 is 5.32 Å². The van der Waals surface area contributed by atoms with Gasteiger partial charge in [-0.3, -0.25) is 0 Å². The second kappa shape index (κ2) is 6.55. The fourth-order valence-corrected chi connectivity index (χ4v) is 2.30. The molecule has 17 heavy (non-hydrogen) atoms. The van der Waals surface area contributed by atoms with Crippen LogP contribution in [0.3, 0.4) is 0 Å². The minimum atomic E-state index is -0.881. The van der Waals surface area contributed by atoms with Gasteiger partial charge < -0.3 is 10.4 Å². The molecule has 1 aromatic rings. The molecule has 0 aliphatic carbocycles. The fourth-order valence-electron chi connectivity index (χ4n) is 1.62. The summed E-state index contributed by atoms with van der Waals surface area (Å²) >= 11 is 1.80. The molecule has 0 radical (unpaired) electrons. The molecule has 4 heteroatoms. The zero-order chi connectivity index (χ0) is 12.8. The maximum atomic E-state index is 11.1. The Kier molecular flexibility index (Phi) is 5.35. The summed E-state index contributed by atoms with van der Waals surface area (Å²) in [6.45, 7) is 4.84. The van der Waals surface area contributed by atoms with Crippen LogP contribution in [0.15, 0.2) is 18.2 Å². The Morgan fingerprint density at radius 3 is 2.82 bits per heavy atom. The van der Waals surface area contributed by atoms with E-state index >= 15 is 0 Å². The summed E-state index contributed by atoms with van der Waals surface area (Å²) in [6.07, 6.45) is 2.07. The number of benzene rings is 1. The number of carbonyl (C=O) groups is 1. The maximum Gasteiger partial charge on any atom is 0.337 e. The lowest BCUT2D eigenvalue weighted by Crippen LogP contribution is -2.15. The van der Waals surface area contributed by atoms with Crippen LogP contribution in [0.4, 0.5) is 5.69 Å². The number of hydrogen-bond donors (Lipinski definition) is 2. The maximum absolute atomic E-state index is 11.1. The molecule has 3 nitrogen and oxygen atoms in total. The van der Waals surface area contributed by atoms with Gasteiger partial charge in [0, 0.05) is 12.2 Å². The SMILES string of the molecule is CSCC(C)CNc1ccc(C)cc1C(=O)O. The van der Waals surface area contributed by atoms with Crippen molar-refractivity contribution in [3.05, 3.63) is 29.3 Å². The average molecular weight is 253 g/mol. The highest BCUT2D eigenvalue weighted by atomic mass is 32.2. The number of nitrogens with one attached hydrogen (secondary N) is 1. The van der Waals surface area contributed by atoms with Gasteiger partial charge in [0.2, 0.25) is 0 Å². The molecule has 0 amide bonds. The van der Waals surface area contributed by atoms with Gasteiger partial charge in [0.1, 0.15) is 0 Å². The van der Waals surface area contributed by atoms with Crippen LogP contribution in [0, 0.1) is 12.8 Å². The largest absolute Gasteiger partial charge is 0.478 e. The second-order valence-corrected chi connectivity index (χ2v) is 5.21. The Balaban J connectivity index is 2.73. The first-order valence-electron chi connectivity index (χ1n) is 5.61. The van der Waals surface area contributed by atoms with Gasteiger partial charge in [-0.2, -0.15) is 11.8 Å². The van der Waals surface area contributed by atoms with Crippen molar-refractivity contribution in [3.8, 4) is 0 Å². The Hall–Kier alpha value is -1.16. The Bertz CT molecular complexity index is 393. The van der Waals surface area contributed by atoms with E-state index in [9.17, 15) is 4.79 Å². The molecule has 0 saturated heterocycles. The number of thioether (sulfide) groups is 1. The normalized spacial score (nSPS) is 12.2. The average Bonchev–Trinajstić information content (AvgIpc) is 2.27. The van der Waals surface area contributed by atoms with E-state index in [1.165, 1.54) is 0 Å². The zero-order valence-corrected chi connectivity index (χ0v) is 11.3. The van der Waals surface area contributed by atoms with Crippen molar-refractivity contribution in [2.75, 3.05) is 23.9 Å². The summed E-state index contributed by atoms with van der Waals surface area (Å²) in [7, 11) is 0. The third-order valence-electron chi connectivity index (χ3n) is 2.50. The summed E-state index contributed by atoms with van der Waals surface area (Å²) in [6, 6.07) is 5.46. The van der Waals surface area contributed by atoms with E-state index in [4.69, 9.17) is 5.11 Å². The van der Waals surface area contributed by atoms with Crippen molar-refractivity contribution in [2.45, 2.75) is 13.8 Å². The topological polar surface area (TPSA) is 49.3 Å². The molecule has 0 aromatic heterocycles. The number of hydrogen-bond acceptors (Lipinski definition) is 3. The number of aryl methyl sites for hydroxylation is 1. The minimum Gasteiger partial charge on any atom is -0.478 e. The minimum absolute atomic E-state index is 0.348. The van der Waals surface area contributed by atoms with Gasteiger partial charge in [0.25, 0.3) is 0 Å². The summed E-state index contributed by atoms with van der Waals surface area (Å²) < 4.78 is 0. The summed E-state index contributed by atoms with van der Waals surface area (Å²) in [5, 5.41) is 12.3. The lowest BCUT2D eigenvalue weighted by Gasteiger charge is -2.14. The highest BCUT2D eigenvalue weighted by Gasteiger charge is 2.10. The van der Waals surface area contributed by atoms with Gasteiger partial charge >= 0.3 is 5.97 Å². The quantitative estimate of drug-likeness (QED) is 0.818. The van der Waals surface area contributed by atoms with Crippen LogP contribution in [-0.4, -0.2) is 29.6 Å². The Morgan fingerprint density at radius 1 is 1.53 bits per heavy atom. The molecule has 1 rings (SSSR count). The van der Waals surface area contributed by atoms with Crippen molar-refractivity contribution in [1.82, 2.24) is 0 Å². The van der Waals surface area contributed by atoms with Gasteiger partial charge in [-0.05, 0) is 37.0 Å². The standard InChI is InChI=1S/C13H19NO2S/c1-9-4-5-12(11(6-9)13(15)16)14-7-10(2)8-17-3/h4-6,10,14H,7-8H2,1-3H3,(H,15,16). The van der Waals surface area contributed by atoms with Crippen LogP contribution in [0.2, 0.25) is 0 Å². The highest BCUT2D eigenvalue weighted by Crippen LogP contribution is 2.18. The first kappa shape index (κ1) is 13.9. The van der Waals surface area contributed by atoms with Crippen LogP contribution in [0.25, 0.3) is 0 Å². The fraction of sp³-hybridized carbons (Fsp3) is 0.462. The molecule has 2 N–H and O–H groups in total. The van der Waals surface area contributed by atoms with Crippen molar-refractivity contribution in [2.24, 2.45) is 5.92 Å². The van der Waals surface area contributed by atoms with E-state index in [-0.39, 0.29) is 0 Å². The predicted octanol–water partition coefficient (Wildman–Crippen LogP) is 3.10. The molecule has 0 spiro atoms. The smallest absolute Gasteiger partial charge is 0.337 e. The van der Waals surface area contributed by atoms with Crippen molar-refractivity contribution in [1.29, 1.82) is 0 Å². The molecule has 0 aliphatic rings. The number of aromatic carboxylic acids is 1. The van der Waals surface area contributed by atoms with Crippen LogP contribution in [-0.2, 0) is 0 Å². The Labute approximate surface area is 107 Å². The number of rotatable bonds is 6. The molecule has 94 valence electrons. The first-order valence-corrected chi connectivity index (χ1v) is 7.00.